The highest BCUT2D eigenvalue weighted by Gasteiger charge is 2.25. The monoisotopic (exact) mass is 571 g/mol. The molecule has 33 heavy (non-hydrogen) atoms. The maximum absolute atomic E-state index is 5.90. The number of nitrogens with one attached hydrogen (secondary N) is 2. The van der Waals surface area contributed by atoms with E-state index in [1.54, 1.807) is 12.6 Å². The van der Waals surface area contributed by atoms with E-state index in [4.69, 9.17) is 14.1 Å². The maximum atomic E-state index is 5.90. The predicted octanol–water partition coefficient (Wildman–Crippen LogP) is 2.99. The van der Waals surface area contributed by atoms with E-state index in [1.165, 1.54) is 19.3 Å². The van der Waals surface area contributed by atoms with Gasteiger partial charge in [0.25, 0.3) is 0 Å². The minimum Gasteiger partial charge on any atom is -0.468 e. The van der Waals surface area contributed by atoms with Crippen molar-refractivity contribution in [2.24, 2.45) is 4.99 Å². The average Bonchev–Trinajstić information content (AvgIpc) is 3.61. The molecule has 0 bridgehead atoms. The van der Waals surface area contributed by atoms with Gasteiger partial charge in [-0.3, -0.25) is 9.89 Å². The van der Waals surface area contributed by atoms with Gasteiger partial charge in [0, 0.05) is 32.7 Å². The summed E-state index contributed by atoms with van der Waals surface area (Å²) in [5, 5.41) is 15.2. The quantitative estimate of drug-likeness (QED) is 0.258. The molecule has 9 nitrogen and oxygen atoms in total. The molecule has 0 radical (unpaired) electrons. The first-order valence-electron chi connectivity index (χ1n) is 12.1. The van der Waals surface area contributed by atoms with Gasteiger partial charge in [0.1, 0.15) is 17.9 Å². The van der Waals surface area contributed by atoms with Gasteiger partial charge >= 0.3 is 0 Å². The molecular weight excluding hydrogens is 533 g/mol. The zero-order chi connectivity index (χ0) is 22.0. The highest BCUT2D eigenvalue weighted by atomic mass is 127. The van der Waals surface area contributed by atoms with Gasteiger partial charge < -0.3 is 24.4 Å². The van der Waals surface area contributed by atoms with Crippen molar-refractivity contribution in [1.29, 1.82) is 0 Å². The molecule has 4 heterocycles. The summed E-state index contributed by atoms with van der Waals surface area (Å²) in [4.78, 5) is 7.45. The van der Waals surface area contributed by atoms with Crippen LogP contribution in [0.2, 0.25) is 0 Å². The molecule has 0 amide bonds. The Hall–Kier alpha value is -1.66. The molecule has 0 spiro atoms. The zero-order valence-corrected chi connectivity index (χ0v) is 21.9. The Kier molecular flexibility index (Phi) is 10.9. The average molecular weight is 572 g/mol. The van der Waals surface area contributed by atoms with Crippen molar-refractivity contribution in [1.82, 2.24) is 30.3 Å². The van der Waals surface area contributed by atoms with Crippen LogP contribution in [0.15, 0.2) is 34.1 Å². The second-order valence-corrected chi connectivity index (χ2v) is 8.55. The minimum absolute atomic E-state index is 0. The van der Waals surface area contributed by atoms with Gasteiger partial charge in [-0.05, 0) is 57.3 Å². The van der Waals surface area contributed by atoms with Crippen LogP contribution < -0.4 is 10.6 Å². The number of ether oxygens (including phenoxy) is 1. The second kappa shape index (κ2) is 13.9. The molecule has 2 saturated heterocycles. The van der Waals surface area contributed by atoms with E-state index in [9.17, 15) is 0 Å². The Balaban J connectivity index is 0.00000306. The van der Waals surface area contributed by atoms with Crippen molar-refractivity contribution >= 4 is 29.9 Å². The molecule has 2 aromatic rings. The largest absolute Gasteiger partial charge is 0.468 e. The van der Waals surface area contributed by atoms with E-state index in [1.807, 2.05) is 6.07 Å². The molecule has 0 saturated carbocycles. The summed E-state index contributed by atoms with van der Waals surface area (Å²) in [5.74, 6) is 2.81. The molecule has 10 heteroatoms. The van der Waals surface area contributed by atoms with Crippen LogP contribution >= 0.6 is 24.0 Å². The molecule has 2 aliphatic heterocycles. The Morgan fingerprint density at radius 2 is 2.12 bits per heavy atom. The lowest BCUT2D eigenvalue weighted by molar-refractivity contribution is 0.0194. The number of aryl methyl sites for hydroxylation is 1. The first-order chi connectivity index (χ1) is 15.8. The predicted molar refractivity (Wildman–Crippen MR) is 139 cm³/mol. The number of guanidine groups is 1. The van der Waals surface area contributed by atoms with Crippen molar-refractivity contribution in [2.45, 2.75) is 64.1 Å². The summed E-state index contributed by atoms with van der Waals surface area (Å²) >= 11 is 0. The molecule has 2 unspecified atom stereocenters. The Bertz CT molecular complexity index is 815. The topological polar surface area (TPSA) is 92.7 Å². The molecule has 0 aliphatic carbocycles. The third kappa shape index (κ3) is 7.68. The van der Waals surface area contributed by atoms with Gasteiger partial charge in [0.15, 0.2) is 5.96 Å². The molecule has 184 valence electrons. The van der Waals surface area contributed by atoms with Crippen LogP contribution in [0.1, 0.15) is 56.7 Å². The normalized spacial score (nSPS) is 20.4. The Labute approximate surface area is 213 Å². The Morgan fingerprint density at radius 1 is 1.24 bits per heavy atom. The van der Waals surface area contributed by atoms with Crippen LogP contribution in [0.5, 0.6) is 0 Å². The number of hydrogen-bond acceptors (Lipinski definition) is 6. The summed E-state index contributed by atoms with van der Waals surface area (Å²) in [7, 11) is 0. The van der Waals surface area contributed by atoms with E-state index in [-0.39, 0.29) is 36.1 Å². The van der Waals surface area contributed by atoms with E-state index in [2.05, 4.69) is 43.3 Å². The molecule has 0 aromatic carbocycles. The number of hydrogen-bond donors (Lipinski definition) is 2. The second-order valence-electron chi connectivity index (χ2n) is 8.55. The fourth-order valence-electron chi connectivity index (χ4n) is 4.48. The lowest BCUT2D eigenvalue weighted by Gasteiger charge is -2.26. The summed E-state index contributed by atoms with van der Waals surface area (Å²) in [6.07, 6.45) is 10.6. The number of aromatic nitrogens is 3. The number of furan rings is 1. The number of likely N-dealkylation sites (tertiary alicyclic amines) is 1. The van der Waals surface area contributed by atoms with Crippen LogP contribution in [0.25, 0.3) is 0 Å². The van der Waals surface area contributed by atoms with E-state index >= 15 is 0 Å². The molecule has 4 rings (SSSR count). The zero-order valence-electron chi connectivity index (χ0n) is 19.6. The van der Waals surface area contributed by atoms with Crippen LogP contribution in [-0.4, -0.2) is 71.1 Å². The van der Waals surface area contributed by atoms with Gasteiger partial charge in [-0.25, -0.2) is 0 Å². The van der Waals surface area contributed by atoms with Crippen LogP contribution in [-0.2, 0) is 17.7 Å². The third-order valence-electron chi connectivity index (χ3n) is 6.30. The van der Waals surface area contributed by atoms with Crippen molar-refractivity contribution < 1.29 is 9.15 Å². The van der Waals surface area contributed by atoms with Crippen molar-refractivity contribution in [3.8, 4) is 0 Å². The smallest absolute Gasteiger partial charge is 0.191 e. The third-order valence-corrected chi connectivity index (χ3v) is 6.30. The van der Waals surface area contributed by atoms with Gasteiger partial charge in [0.05, 0.1) is 25.0 Å². The molecule has 2 atom stereocenters. The van der Waals surface area contributed by atoms with Gasteiger partial charge in [-0.1, -0.05) is 6.92 Å². The van der Waals surface area contributed by atoms with Crippen LogP contribution in [0.4, 0.5) is 0 Å². The highest BCUT2D eigenvalue weighted by molar-refractivity contribution is 14.0. The van der Waals surface area contributed by atoms with Gasteiger partial charge in [-0.15, -0.1) is 34.2 Å². The number of halogens is 1. The summed E-state index contributed by atoms with van der Waals surface area (Å²) < 4.78 is 13.7. The standard InChI is InChI=1S/C23H37N7O2.HI/c1-2-22-28-27-18-30(22)13-10-24-23(25-16-19-8-3-6-14-31-19)26-17-20(21-9-7-15-32-21)29-11-4-5-12-29;/h7,9,15,18-20H,2-6,8,10-14,16-17H2,1H3,(H2,24,25,26);1H. The molecular formula is C23H38IN7O2. The summed E-state index contributed by atoms with van der Waals surface area (Å²) in [6, 6.07) is 4.19. The molecule has 2 N–H and O–H groups in total. The number of aliphatic imine (C=N–C) groups is 1. The van der Waals surface area contributed by atoms with Crippen molar-refractivity contribution in [3.05, 3.63) is 36.3 Å². The molecule has 2 aliphatic rings. The fraction of sp³-hybridized carbons (Fsp3) is 0.696. The minimum atomic E-state index is 0. The first kappa shape index (κ1) is 26.0. The van der Waals surface area contributed by atoms with E-state index in [0.717, 1.165) is 76.1 Å². The highest BCUT2D eigenvalue weighted by Crippen LogP contribution is 2.25. The van der Waals surface area contributed by atoms with Crippen LogP contribution in [0, 0.1) is 0 Å². The Morgan fingerprint density at radius 3 is 2.85 bits per heavy atom. The summed E-state index contributed by atoms with van der Waals surface area (Å²) in [5.41, 5.74) is 0. The summed E-state index contributed by atoms with van der Waals surface area (Å²) in [6.45, 7) is 8.12. The lowest BCUT2D eigenvalue weighted by Crippen LogP contribution is -2.44. The van der Waals surface area contributed by atoms with Crippen molar-refractivity contribution in [2.75, 3.05) is 39.3 Å². The maximum Gasteiger partial charge on any atom is 0.191 e. The van der Waals surface area contributed by atoms with Gasteiger partial charge in [-0.2, -0.15) is 0 Å². The molecule has 2 aromatic heterocycles. The molecule has 2 fully saturated rings. The van der Waals surface area contributed by atoms with Gasteiger partial charge in [0.2, 0.25) is 0 Å². The van der Waals surface area contributed by atoms with Crippen LogP contribution in [0.3, 0.4) is 0 Å². The fourth-order valence-corrected chi connectivity index (χ4v) is 4.48. The lowest BCUT2D eigenvalue weighted by atomic mass is 10.1. The van der Waals surface area contributed by atoms with E-state index < -0.39 is 0 Å². The van der Waals surface area contributed by atoms with Crippen molar-refractivity contribution in [3.63, 3.8) is 0 Å². The van der Waals surface area contributed by atoms with E-state index in [0.29, 0.717) is 6.54 Å². The number of rotatable bonds is 10. The number of nitrogens with zero attached hydrogens (tertiary/aromatic N) is 5. The SMILES string of the molecule is CCc1nncn1CCNC(=NCC(c1ccco1)N1CCCC1)NCC1CCCCO1.I. The first-order valence-corrected chi connectivity index (χ1v) is 12.1.